The molecule has 3 rings (SSSR count). The van der Waals surface area contributed by atoms with Crippen LogP contribution in [0.4, 0.5) is 4.39 Å². The van der Waals surface area contributed by atoms with Gasteiger partial charge in [-0.25, -0.2) is 4.39 Å². The second kappa shape index (κ2) is 7.34. The molecule has 5 heteroatoms. The molecule has 0 heterocycles. The fourth-order valence-corrected chi connectivity index (χ4v) is 2.71. The molecule has 2 atom stereocenters. The van der Waals surface area contributed by atoms with Gasteiger partial charge in [0.15, 0.2) is 0 Å². The van der Waals surface area contributed by atoms with Crippen molar-refractivity contribution in [3.05, 3.63) is 59.9 Å². The number of benzene rings is 2. The first-order valence-corrected chi connectivity index (χ1v) is 7.97. The third kappa shape index (κ3) is 4.04. The maximum absolute atomic E-state index is 12.9. The van der Waals surface area contributed by atoms with Crippen LogP contribution < -0.4 is 14.8 Å². The van der Waals surface area contributed by atoms with Gasteiger partial charge in [0.05, 0.1) is 13.7 Å². The lowest BCUT2D eigenvalue weighted by molar-refractivity contribution is -0.122. The van der Waals surface area contributed by atoms with Gasteiger partial charge in [-0.3, -0.25) is 4.79 Å². The lowest BCUT2D eigenvalue weighted by atomic mass is 10.1. The number of rotatable bonds is 7. The molecular formula is C19H20FNO3. The van der Waals surface area contributed by atoms with Gasteiger partial charge in [0.1, 0.15) is 23.9 Å². The quantitative estimate of drug-likeness (QED) is 0.794. The summed E-state index contributed by atoms with van der Waals surface area (Å²) in [5.74, 6) is 1.47. The summed E-state index contributed by atoms with van der Waals surface area (Å²) < 4.78 is 23.6. The van der Waals surface area contributed by atoms with E-state index in [4.69, 9.17) is 9.47 Å². The third-order valence-corrected chi connectivity index (χ3v) is 4.15. The molecule has 0 radical (unpaired) electrons. The van der Waals surface area contributed by atoms with Crippen molar-refractivity contribution < 1.29 is 18.7 Å². The standard InChI is InChI=1S/C19H20FNO3/c1-23-15-6-8-16(9-7-15)24-11-10-21-19(22)18-12-17(18)13-2-4-14(20)5-3-13/h2-9,17-18H,10-12H2,1H3,(H,21,22). The van der Waals surface area contributed by atoms with Crippen LogP contribution in [-0.2, 0) is 4.79 Å². The fraction of sp³-hybridized carbons (Fsp3) is 0.316. The Labute approximate surface area is 140 Å². The molecule has 1 aliphatic rings. The van der Waals surface area contributed by atoms with Gasteiger partial charge in [-0.15, -0.1) is 0 Å². The summed E-state index contributed by atoms with van der Waals surface area (Å²) >= 11 is 0. The van der Waals surface area contributed by atoms with Crippen molar-refractivity contribution in [2.45, 2.75) is 12.3 Å². The molecule has 1 N–H and O–H groups in total. The normalized spacial score (nSPS) is 18.8. The second-order valence-corrected chi connectivity index (χ2v) is 5.82. The van der Waals surface area contributed by atoms with Crippen molar-refractivity contribution in [2.75, 3.05) is 20.3 Å². The SMILES string of the molecule is COc1ccc(OCCNC(=O)C2CC2c2ccc(F)cc2)cc1. The highest BCUT2D eigenvalue weighted by Gasteiger charge is 2.43. The van der Waals surface area contributed by atoms with Crippen LogP contribution >= 0.6 is 0 Å². The zero-order chi connectivity index (χ0) is 16.9. The molecule has 24 heavy (non-hydrogen) atoms. The zero-order valence-electron chi connectivity index (χ0n) is 13.5. The van der Waals surface area contributed by atoms with E-state index in [-0.39, 0.29) is 23.6 Å². The predicted octanol–water partition coefficient (Wildman–Crippen LogP) is 3.13. The number of ether oxygens (including phenoxy) is 2. The molecule has 4 nitrogen and oxygen atoms in total. The average Bonchev–Trinajstić information content (AvgIpc) is 3.40. The fourth-order valence-electron chi connectivity index (χ4n) is 2.71. The molecule has 0 saturated heterocycles. The van der Waals surface area contributed by atoms with E-state index in [1.54, 1.807) is 19.2 Å². The molecule has 0 spiro atoms. The number of hydrogen-bond acceptors (Lipinski definition) is 3. The van der Waals surface area contributed by atoms with E-state index in [0.717, 1.165) is 23.5 Å². The lowest BCUT2D eigenvalue weighted by Gasteiger charge is -2.08. The molecule has 1 amide bonds. The second-order valence-electron chi connectivity index (χ2n) is 5.82. The van der Waals surface area contributed by atoms with Crippen LogP contribution in [0.5, 0.6) is 11.5 Å². The van der Waals surface area contributed by atoms with Crippen molar-refractivity contribution in [2.24, 2.45) is 5.92 Å². The Morgan fingerprint density at radius 1 is 1.12 bits per heavy atom. The highest BCUT2D eigenvalue weighted by Crippen LogP contribution is 2.47. The van der Waals surface area contributed by atoms with Gasteiger partial charge in [-0.2, -0.15) is 0 Å². The predicted molar refractivity (Wildman–Crippen MR) is 88.7 cm³/mol. The Balaban J connectivity index is 1.38. The van der Waals surface area contributed by atoms with Gasteiger partial charge < -0.3 is 14.8 Å². The number of amides is 1. The molecule has 2 aromatic rings. The van der Waals surface area contributed by atoms with E-state index in [1.165, 1.54) is 12.1 Å². The van der Waals surface area contributed by atoms with E-state index < -0.39 is 0 Å². The summed E-state index contributed by atoms with van der Waals surface area (Å²) in [5.41, 5.74) is 1.02. The molecule has 0 aliphatic heterocycles. The van der Waals surface area contributed by atoms with Gasteiger partial charge in [0, 0.05) is 5.92 Å². The van der Waals surface area contributed by atoms with Crippen molar-refractivity contribution in [1.29, 1.82) is 0 Å². The van der Waals surface area contributed by atoms with E-state index >= 15 is 0 Å². The first-order chi connectivity index (χ1) is 11.7. The minimum atomic E-state index is -0.254. The summed E-state index contributed by atoms with van der Waals surface area (Å²) in [7, 11) is 1.61. The summed E-state index contributed by atoms with van der Waals surface area (Å²) in [6, 6.07) is 13.7. The molecular weight excluding hydrogens is 309 g/mol. The summed E-state index contributed by atoms with van der Waals surface area (Å²) in [6.45, 7) is 0.865. The van der Waals surface area contributed by atoms with E-state index in [0.29, 0.717) is 13.2 Å². The zero-order valence-corrected chi connectivity index (χ0v) is 13.5. The van der Waals surface area contributed by atoms with E-state index in [9.17, 15) is 9.18 Å². The molecule has 2 aromatic carbocycles. The number of nitrogens with one attached hydrogen (secondary N) is 1. The minimum Gasteiger partial charge on any atom is -0.497 e. The van der Waals surface area contributed by atoms with Crippen LogP contribution in [0, 0.1) is 11.7 Å². The van der Waals surface area contributed by atoms with Crippen LogP contribution in [0.1, 0.15) is 17.9 Å². The van der Waals surface area contributed by atoms with Gasteiger partial charge in [0.2, 0.25) is 5.91 Å². The number of hydrogen-bond donors (Lipinski definition) is 1. The Hall–Kier alpha value is -2.56. The maximum Gasteiger partial charge on any atom is 0.223 e. The molecule has 2 unspecified atom stereocenters. The van der Waals surface area contributed by atoms with Gasteiger partial charge in [-0.05, 0) is 54.3 Å². The Morgan fingerprint density at radius 3 is 2.46 bits per heavy atom. The maximum atomic E-state index is 12.9. The molecule has 1 saturated carbocycles. The molecule has 0 aromatic heterocycles. The van der Waals surface area contributed by atoms with Crippen LogP contribution in [0.3, 0.4) is 0 Å². The summed E-state index contributed by atoms with van der Waals surface area (Å²) in [5, 5.41) is 2.89. The molecule has 126 valence electrons. The van der Waals surface area contributed by atoms with Gasteiger partial charge in [0.25, 0.3) is 0 Å². The lowest BCUT2D eigenvalue weighted by Crippen LogP contribution is -2.29. The summed E-state index contributed by atoms with van der Waals surface area (Å²) in [4.78, 5) is 12.1. The van der Waals surface area contributed by atoms with Crippen LogP contribution in [0.25, 0.3) is 0 Å². The molecule has 1 aliphatic carbocycles. The van der Waals surface area contributed by atoms with Crippen LogP contribution in [-0.4, -0.2) is 26.2 Å². The number of carbonyl (C=O) groups excluding carboxylic acids is 1. The topological polar surface area (TPSA) is 47.6 Å². The van der Waals surface area contributed by atoms with Gasteiger partial charge >= 0.3 is 0 Å². The Bertz CT molecular complexity index is 685. The first kappa shape index (κ1) is 16.3. The third-order valence-electron chi connectivity index (χ3n) is 4.15. The Morgan fingerprint density at radius 2 is 1.79 bits per heavy atom. The van der Waals surface area contributed by atoms with Crippen molar-refractivity contribution in [3.8, 4) is 11.5 Å². The summed E-state index contributed by atoms with van der Waals surface area (Å²) in [6.07, 6.45) is 0.816. The highest BCUT2D eigenvalue weighted by molar-refractivity contribution is 5.82. The highest BCUT2D eigenvalue weighted by atomic mass is 19.1. The largest absolute Gasteiger partial charge is 0.497 e. The van der Waals surface area contributed by atoms with Crippen molar-refractivity contribution in [3.63, 3.8) is 0 Å². The molecule has 0 bridgehead atoms. The van der Waals surface area contributed by atoms with Crippen LogP contribution in [0.15, 0.2) is 48.5 Å². The van der Waals surface area contributed by atoms with E-state index in [2.05, 4.69) is 5.32 Å². The van der Waals surface area contributed by atoms with Crippen molar-refractivity contribution in [1.82, 2.24) is 5.32 Å². The van der Waals surface area contributed by atoms with Gasteiger partial charge in [-0.1, -0.05) is 12.1 Å². The monoisotopic (exact) mass is 329 g/mol. The minimum absolute atomic E-state index is 0.0172. The smallest absolute Gasteiger partial charge is 0.223 e. The van der Waals surface area contributed by atoms with Crippen molar-refractivity contribution >= 4 is 5.91 Å². The number of carbonyl (C=O) groups is 1. The number of halogens is 1. The molecule has 1 fully saturated rings. The van der Waals surface area contributed by atoms with Crippen LogP contribution in [0.2, 0.25) is 0 Å². The Kier molecular flexibility index (Phi) is 4.99. The average molecular weight is 329 g/mol. The van der Waals surface area contributed by atoms with E-state index in [1.807, 2.05) is 24.3 Å². The number of methoxy groups -OCH3 is 1. The first-order valence-electron chi connectivity index (χ1n) is 7.97.